The summed E-state index contributed by atoms with van der Waals surface area (Å²) in [4.78, 5) is 25.8. The quantitative estimate of drug-likeness (QED) is 0.192. The molecular weight excluding hydrogens is 567 g/mol. The van der Waals surface area contributed by atoms with Gasteiger partial charge >= 0.3 is 6.18 Å². The molecule has 0 spiro atoms. The average Bonchev–Trinajstić information content (AvgIpc) is 3.00. The Kier molecular flexibility index (Phi) is 8.24. The summed E-state index contributed by atoms with van der Waals surface area (Å²) in [6.45, 7) is -0.451. The first-order valence-corrected chi connectivity index (χ1v) is 12.8. The number of carbonyl (C=O) groups is 1. The lowest BCUT2D eigenvalue weighted by molar-refractivity contribution is -0.152. The Morgan fingerprint density at radius 3 is 2.16 bits per heavy atom. The number of methoxy groups -OCH3 is 2. The van der Waals surface area contributed by atoms with E-state index in [4.69, 9.17) is 23.4 Å². The summed E-state index contributed by atoms with van der Waals surface area (Å²) in [7, 11) is 2.71. The van der Waals surface area contributed by atoms with Crippen LogP contribution in [0.4, 0.5) is 18.9 Å². The molecule has 0 radical (unpaired) electrons. The van der Waals surface area contributed by atoms with Gasteiger partial charge in [0.05, 0.1) is 25.2 Å². The first kappa shape index (κ1) is 29.1. The highest BCUT2D eigenvalue weighted by molar-refractivity contribution is 5.92. The highest BCUT2D eigenvalue weighted by Crippen LogP contribution is 2.40. The van der Waals surface area contributed by atoms with E-state index in [2.05, 4.69) is 5.32 Å². The largest absolute Gasteiger partial charge is 0.493 e. The van der Waals surface area contributed by atoms with E-state index in [9.17, 15) is 22.8 Å². The molecule has 0 atom stereocenters. The Morgan fingerprint density at radius 2 is 1.49 bits per heavy atom. The van der Waals surface area contributed by atoms with Crippen LogP contribution in [0.5, 0.6) is 28.7 Å². The second kappa shape index (κ2) is 12.2. The molecule has 4 aromatic carbocycles. The van der Waals surface area contributed by atoms with Crippen LogP contribution in [0.25, 0.3) is 22.1 Å². The van der Waals surface area contributed by atoms with Crippen LogP contribution in [-0.2, 0) is 11.0 Å². The van der Waals surface area contributed by atoms with Crippen molar-refractivity contribution in [1.82, 2.24) is 0 Å². The van der Waals surface area contributed by atoms with E-state index in [1.807, 2.05) is 30.3 Å². The second-order valence-electron chi connectivity index (χ2n) is 9.14. The molecule has 0 saturated heterocycles. The molecule has 220 valence electrons. The summed E-state index contributed by atoms with van der Waals surface area (Å²) >= 11 is 0. The first-order chi connectivity index (χ1) is 20.7. The molecule has 1 amide bonds. The summed E-state index contributed by atoms with van der Waals surface area (Å²) in [6.07, 6.45) is -4.99. The number of hydrogen-bond acceptors (Lipinski definition) is 7. The van der Waals surface area contributed by atoms with E-state index in [0.717, 1.165) is 6.07 Å². The van der Waals surface area contributed by atoms with Crippen LogP contribution in [0.1, 0.15) is 5.76 Å². The molecular formula is C32H24F3NO7. The number of alkyl halides is 3. The van der Waals surface area contributed by atoms with Gasteiger partial charge in [-0.05, 0) is 66.2 Å². The standard InChI is InChI=1S/C32H24F3NO7/c1-39-25-15-8-19(16-27(25)40-2)29-30(38)24-14-13-23(17-26(24)43-31(29)32(33,34)35)41-18-28(37)36-20-9-11-22(12-10-20)42-21-6-4-3-5-7-21/h3-17H,18H2,1-2H3,(H,36,37). The zero-order valence-corrected chi connectivity index (χ0v) is 22.9. The van der Waals surface area contributed by atoms with Crippen molar-refractivity contribution >= 4 is 22.6 Å². The van der Waals surface area contributed by atoms with E-state index in [1.165, 1.54) is 44.6 Å². The van der Waals surface area contributed by atoms with Crippen LogP contribution >= 0.6 is 0 Å². The van der Waals surface area contributed by atoms with Crippen LogP contribution in [0.2, 0.25) is 0 Å². The zero-order chi connectivity index (χ0) is 30.6. The van der Waals surface area contributed by atoms with Crippen LogP contribution in [-0.4, -0.2) is 26.7 Å². The number of para-hydroxylation sites is 1. The third-order valence-electron chi connectivity index (χ3n) is 6.28. The highest BCUT2D eigenvalue weighted by Gasteiger charge is 2.39. The van der Waals surface area contributed by atoms with Gasteiger partial charge in [-0.15, -0.1) is 0 Å². The minimum absolute atomic E-state index is 0.0319. The molecule has 43 heavy (non-hydrogen) atoms. The predicted molar refractivity (Wildman–Crippen MR) is 153 cm³/mol. The normalized spacial score (nSPS) is 11.2. The summed E-state index contributed by atoms with van der Waals surface area (Å²) in [6, 6.07) is 23.6. The molecule has 8 nitrogen and oxygen atoms in total. The molecule has 1 N–H and O–H groups in total. The van der Waals surface area contributed by atoms with E-state index in [0.29, 0.717) is 17.2 Å². The SMILES string of the molecule is COc1ccc(-c2c(C(F)(F)F)oc3cc(OCC(=O)Nc4ccc(Oc5ccccc5)cc4)ccc3c2=O)cc1OC. The van der Waals surface area contributed by atoms with E-state index < -0.39 is 35.4 Å². The number of hydrogen-bond donors (Lipinski definition) is 1. The maximum absolute atomic E-state index is 14.1. The van der Waals surface area contributed by atoms with Crippen LogP contribution in [0.3, 0.4) is 0 Å². The lowest BCUT2D eigenvalue weighted by atomic mass is 10.0. The van der Waals surface area contributed by atoms with Gasteiger partial charge in [0, 0.05) is 11.8 Å². The molecule has 0 unspecified atom stereocenters. The second-order valence-corrected chi connectivity index (χ2v) is 9.14. The van der Waals surface area contributed by atoms with Crippen molar-refractivity contribution in [2.75, 3.05) is 26.1 Å². The highest BCUT2D eigenvalue weighted by atomic mass is 19.4. The fraction of sp³-hybridized carbons (Fsp3) is 0.125. The van der Waals surface area contributed by atoms with Crippen molar-refractivity contribution in [3.8, 4) is 39.9 Å². The molecule has 0 aliphatic carbocycles. The number of benzene rings is 4. The van der Waals surface area contributed by atoms with Gasteiger partial charge in [0.2, 0.25) is 11.2 Å². The van der Waals surface area contributed by atoms with E-state index in [-0.39, 0.29) is 33.8 Å². The minimum Gasteiger partial charge on any atom is -0.493 e. The summed E-state index contributed by atoms with van der Waals surface area (Å²) < 4.78 is 69.0. The van der Waals surface area contributed by atoms with Gasteiger partial charge in [-0.25, -0.2) is 0 Å². The topological polar surface area (TPSA) is 96.2 Å². The van der Waals surface area contributed by atoms with Gasteiger partial charge < -0.3 is 28.7 Å². The molecule has 0 bridgehead atoms. The van der Waals surface area contributed by atoms with Crippen molar-refractivity contribution in [1.29, 1.82) is 0 Å². The number of amides is 1. The fourth-order valence-electron chi connectivity index (χ4n) is 4.29. The maximum atomic E-state index is 14.1. The average molecular weight is 592 g/mol. The molecule has 5 rings (SSSR count). The van der Waals surface area contributed by atoms with Gasteiger partial charge in [-0.3, -0.25) is 9.59 Å². The summed E-state index contributed by atoms with van der Waals surface area (Å²) in [5.74, 6) is -0.297. The lowest BCUT2D eigenvalue weighted by Gasteiger charge is -2.15. The third-order valence-corrected chi connectivity index (χ3v) is 6.28. The van der Waals surface area contributed by atoms with Crippen LogP contribution in [0, 0.1) is 0 Å². The van der Waals surface area contributed by atoms with Gasteiger partial charge in [-0.1, -0.05) is 24.3 Å². The maximum Gasteiger partial charge on any atom is 0.450 e. The monoisotopic (exact) mass is 591 g/mol. The minimum atomic E-state index is -4.99. The van der Waals surface area contributed by atoms with Crippen LogP contribution < -0.4 is 29.7 Å². The number of rotatable bonds is 9. The van der Waals surface area contributed by atoms with E-state index in [1.54, 1.807) is 24.3 Å². The Hall–Kier alpha value is -5.45. The fourth-order valence-corrected chi connectivity index (χ4v) is 4.29. The van der Waals surface area contributed by atoms with Gasteiger partial charge in [-0.2, -0.15) is 13.2 Å². The van der Waals surface area contributed by atoms with Crippen LogP contribution in [0.15, 0.2) is 100 Å². The summed E-state index contributed by atoms with van der Waals surface area (Å²) in [5, 5.41) is 2.56. The number of carbonyl (C=O) groups excluding carboxylic acids is 1. The summed E-state index contributed by atoms with van der Waals surface area (Å²) in [5.41, 5.74) is -1.50. The van der Waals surface area contributed by atoms with Gasteiger partial charge in [0.25, 0.3) is 5.91 Å². The zero-order valence-electron chi connectivity index (χ0n) is 22.9. The molecule has 5 aromatic rings. The smallest absolute Gasteiger partial charge is 0.450 e. The van der Waals surface area contributed by atoms with Crippen molar-refractivity contribution in [2.45, 2.75) is 6.18 Å². The predicted octanol–water partition coefficient (Wildman–Crippen LogP) is 7.31. The first-order valence-electron chi connectivity index (χ1n) is 12.8. The van der Waals surface area contributed by atoms with Crippen molar-refractivity contribution in [2.24, 2.45) is 0 Å². The molecule has 11 heteroatoms. The third kappa shape index (κ3) is 6.56. The number of fused-ring (bicyclic) bond motifs is 1. The molecule has 0 saturated carbocycles. The number of nitrogens with one attached hydrogen (secondary N) is 1. The Labute approximate surface area is 243 Å². The number of anilines is 1. The van der Waals surface area contributed by atoms with Crippen molar-refractivity contribution in [3.63, 3.8) is 0 Å². The van der Waals surface area contributed by atoms with Gasteiger partial charge in [0.15, 0.2) is 18.1 Å². The Balaban J connectivity index is 1.33. The number of halogens is 3. The molecule has 1 aromatic heterocycles. The lowest BCUT2D eigenvalue weighted by Crippen LogP contribution is -2.20. The van der Waals surface area contributed by atoms with E-state index >= 15 is 0 Å². The van der Waals surface area contributed by atoms with Gasteiger partial charge in [0.1, 0.15) is 22.8 Å². The van der Waals surface area contributed by atoms with Crippen molar-refractivity contribution < 1.29 is 41.3 Å². The number of ether oxygens (including phenoxy) is 4. The Morgan fingerprint density at radius 1 is 0.814 bits per heavy atom. The molecule has 0 fully saturated rings. The van der Waals surface area contributed by atoms with Crippen molar-refractivity contribution in [3.05, 3.63) is 107 Å². The Bertz CT molecular complexity index is 1820. The molecule has 0 aliphatic heterocycles. The molecule has 0 aliphatic rings. The molecule has 1 heterocycles.